The minimum Gasteiger partial charge on any atom is -0.462 e. The van der Waals surface area contributed by atoms with E-state index in [4.69, 9.17) is 4.74 Å². The summed E-state index contributed by atoms with van der Waals surface area (Å²) in [5, 5.41) is 1.05. The average molecular weight is 485 g/mol. The molecular weight excluding hydrogens is 460 g/mol. The van der Waals surface area contributed by atoms with Gasteiger partial charge in [-0.25, -0.2) is 0 Å². The number of fused-ring (bicyclic) bond motifs is 9. The van der Waals surface area contributed by atoms with Crippen LogP contribution in [0, 0.1) is 29.6 Å². The Morgan fingerprint density at radius 1 is 1.12 bits per heavy atom. The molecule has 3 heterocycles. The van der Waals surface area contributed by atoms with E-state index in [1.165, 1.54) is 11.3 Å². The number of hydrogen-bond acceptors (Lipinski definition) is 7. The molecule has 2 saturated carbocycles. The summed E-state index contributed by atoms with van der Waals surface area (Å²) >= 11 is 2.92. The molecule has 4 aliphatic rings. The first-order valence-electron chi connectivity index (χ1n) is 11.3. The average Bonchev–Trinajstić information content (AvgIpc) is 3.49. The van der Waals surface area contributed by atoms with Crippen molar-refractivity contribution in [3.63, 3.8) is 0 Å². The molecular formula is C24H24N2O5S2. The highest BCUT2D eigenvalue weighted by Crippen LogP contribution is 2.68. The summed E-state index contributed by atoms with van der Waals surface area (Å²) < 4.78 is 5.19. The summed E-state index contributed by atoms with van der Waals surface area (Å²) in [7, 11) is 0. The zero-order valence-electron chi connectivity index (χ0n) is 18.2. The predicted molar refractivity (Wildman–Crippen MR) is 123 cm³/mol. The van der Waals surface area contributed by atoms with E-state index in [1.807, 2.05) is 18.2 Å². The number of likely N-dealkylation sites (tertiary alicyclic amines) is 1. The second kappa shape index (κ2) is 7.56. The molecule has 2 aliphatic carbocycles. The van der Waals surface area contributed by atoms with Gasteiger partial charge in [0.05, 0.1) is 23.0 Å². The van der Waals surface area contributed by atoms with Crippen molar-refractivity contribution in [3.05, 3.63) is 50.4 Å². The largest absolute Gasteiger partial charge is 0.462 e. The lowest BCUT2D eigenvalue weighted by atomic mass is 9.68. The Bertz CT molecular complexity index is 1200. The Hall–Kier alpha value is -2.39. The summed E-state index contributed by atoms with van der Waals surface area (Å²) in [5.74, 6) is -1.49. The zero-order valence-corrected chi connectivity index (χ0v) is 19.9. The maximum absolute atomic E-state index is 13.4. The first-order chi connectivity index (χ1) is 15.8. The number of nitrogens with zero attached hydrogens (tertiary/aromatic N) is 1. The summed E-state index contributed by atoms with van der Waals surface area (Å²) in [4.78, 5) is 56.3. The van der Waals surface area contributed by atoms with Gasteiger partial charge >= 0.3 is 10.8 Å². The van der Waals surface area contributed by atoms with Crippen LogP contribution in [0.2, 0.25) is 0 Å². The zero-order chi connectivity index (χ0) is 23.0. The number of nitrogens with one attached hydrogen (secondary N) is 1. The lowest BCUT2D eigenvalue weighted by molar-refractivity contribution is -0.155. The van der Waals surface area contributed by atoms with Gasteiger partial charge in [0.15, 0.2) is 0 Å². The third kappa shape index (κ3) is 3.08. The fourth-order valence-electron chi connectivity index (χ4n) is 6.70. The molecule has 6 rings (SSSR count). The number of aromatic nitrogens is 1. The van der Waals surface area contributed by atoms with Crippen molar-refractivity contribution >= 4 is 40.9 Å². The first kappa shape index (κ1) is 21.2. The number of amides is 2. The molecule has 0 radical (unpaired) electrons. The maximum Gasteiger partial charge on any atom is 0.326 e. The maximum atomic E-state index is 13.4. The number of ether oxygens (including phenoxy) is 1. The molecule has 7 unspecified atom stereocenters. The van der Waals surface area contributed by atoms with Crippen LogP contribution in [0.5, 0.6) is 0 Å². The number of aromatic amines is 1. The molecule has 3 fully saturated rings. The van der Waals surface area contributed by atoms with Crippen molar-refractivity contribution < 1.29 is 19.1 Å². The van der Waals surface area contributed by atoms with Gasteiger partial charge in [-0.3, -0.25) is 24.1 Å². The fraction of sp³-hybridized carbons (Fsp3) is 0.500. The molecule has 2 aromatic rings. The first-order valence-corrected chi connectivity index (χ1v) is 13.0. The molecule has 7 nitrogen and oxygen atoms in total. The second-order valence-corrected chi connectivity index (χ2v) is 11.9. The topological polar surface area (TPSA) is 96.5 Å². The number of benzene rings is 1. The van der Waals surface area contributed by atoms with E-state index in [2.05, 4.69) is 17.1 Å². The van der Waals surface area contributed by atoms with E-state index in [9.17, 15) is 19.2 Å². The Labute approximate surface area is 198 Å². The van der Waals surface area contributed by atoms with Crippen LogP contribution < -0.4 is 4.87 Å². The predicted octanol–water partition coefficient (Wildman–Crippen LogP) is 2.86. The second-order valence-electron chi connectivity index (χ2n) is 9.67. The summed E-state index contributed by atoms with van der Waals surface area (Å²) in [6, 6.07) is 10.2. The molecule has 1 aromatic heterocycles. The molecule has 1 saturated heterocycles. The molecule has 1 aromatic carbocycles. The van der Waals surface area contributed by atoms with Crippen molar-refractivity contribution in [2.24, 2.45) is 29.6 Å². The number of carbonyl (C=O) groups is 3. The van der Waals surface area contributed by atoms with Crippen LogP contribution in [0.4, 0.5) is 0 Å². The van der Waals surface area contributed by atoms with Gasteiger partial charge < -0.3 is 9.72 Å². The van der Waals surface area contributed by atoms with Crippen LogP contribution in [0.3, 0.4) is 0 Å². The number of H-pyrrole nitrogens is 1. The number of thioether (sulfide) groups is 1. The minimum absolute atomic E-state index is 0.0233. The number of thiazole rings is 1. The van der Waals surface area contributed by atoms with Gasteiger partial charge in [-0.05, 0) is 43.6 Å². The highest BCUT2D eigenvalue weighted by Gasteiger charge is 2.69. The van der Waals surface area contributed by atoms with Crippen LogP contribution in [0.15, 0.2) is 40.2 Å². The molecule has 1 N–H and O–H groups in total. The van der Waals surface area contributed by atoms with Crippen LogP contribution in [0.25, 0.3) is 0 Å². The van der Waals surface area contributed by atoms with E-state index in [1.54, 1.807) is 25.6 Å². The third-order valence-electron chi connectivity index (χ3n) is 7.63. The van der Waals surface area contributed by atoms with Gasteiger partial charge in [-0.2, -0.15) is 0 Å². The van der Waals surface area contributed by atoms with E-state index < -0.39 is 5.97 Å². The van der Waals surface area contributed by atoms with Crippen molar-refractivity contribution in [1.29, 1.82) is 0 Å². The van der Waals surface area contributed by atoms with Crippen LogP contribution in [-0.2, 0) is 19.1 Å². The number of carbonyl (C=O) groups excluding carboxylic acids is 3. The molecule has 7 atom stereocenters. The normalized spacial score (nSPS) is 33.9. The van der Waals surface area contributed by atoms with Gasteiger partial charge in [-0.1, -0.05) is 41.7 Å². The van der Waals surface area contributed by atoms with Crippen molar-refractivity contribution in [2.75, 3.05) is 6.54 Å². The van der Waals surface area contributed by atoms with Gasteiger partial charge in [0.25, 0.3) is 0 Å². The Morgan fingerprint density at radius 3 is 2.52 bits per heavy atom. The molecule has 2 amide bonds. The van der Waals surface area contributed by atoms with Crippen LogP contribution in [-0.4, -0.2) is 45.6 Å². The summed E-state index contributed by atoms with van der Waals surface area (Å²) in [5.41, 5.74) is 1.14. The molecule has 2 bridgehead atoms. The fourth-order valence-corrected chi connectivity index (χ4v) is 9.59. The molecule has 9 heteroatoms. The smallest absolute Gasteiger partial charge is 0.326 e. The Kier molecular flexibility index (Phi) is 4.85. The van der Waals surface area contributed by atoms with Gasteiger partial charge in [-0.15, -0.1) is 11.8 Å². The van der Waals surface area contributed by atoms with Gasteiger partial charge in [0, 0.05) is 16.0 Å². The van der Waals surface area contributed by atoms with E-state index in [0.717, 1.165) is 26.8 Å². The quantitative estimate of drug-likeness (QED) is 0.530. The van der Waals surface area contributed by atoms with Crippen LogP contribution >= 0.6 is 23.1 Å². The Morgan fingerprint density at radius 2 is 1.82 bits per heavy atom. The van der Waals surface area contributed by atoms with Crippen LogP contribution in [0.1, 0.15) is 36.6 Å². The number of hydrogen-bond donors (Lipinski definition) is 1. The van der Waals surface area contributed by atoms with Gasteiger partial charge in [0.2, 0.25) is 11.8 Å². The van der Waals surface area contributed by atoms with Crippen molar-refractivity contribution in [2.45, 2.75) is 42.6 Å². The van der Waals surface area contributed by atoms with Crippen molar-refractivity contribution in [3.8, 4) is 0 Å². The van der Waals surface area contributed by atoms with Gasteiger partial charge in [0.1, 0.15) is 6.54 Å². The molecule has 0 spiro atoms. The summed E-state index contributed by atoms with van der Waals surface area (Å²) in [6.07, 6.45) is 0.537. The molecule has 33 heavy (non-hydrogen) atoms. The van der Waals surface area contributed by atoms with E-state index in [-0.39, 0.29) is 70.1 Å². The molecule has 2 aliphatic heterocycles. The summed E-state index contributed by atoms with van der Waals surface area (Å²) in [6.45, 7) is 3.18. The monoisotopic (exact) mass is 484 g/mol. The van der Waals surface area contributed by atoms with E-state index in [0.29, 0.717) is 0 Å². The minimum atomic E-state index is -0.548. The highest BCUT2D eigenvalue weighted by atomic mass is 32.2. The lowest BCUT2D eigenvalue weighted by Gasteiger charge is -2.43. The molecule has 172 valence electrons. The van der Waals surface area contributed by atoms with E-state index >= 15 is 0 Å². The number of esters is 1. The SMILES string of the molecule is CC(C)OC(=O)CN1C(=O)C2C3CC(C2C1=O)C1C(c2ccccc2)c2sc(=O)[nH]c2SC31. The Balaban J connectivity index is 1.37. The van der Waals surface area contributed by atoms with Crippen molar-refractivity contribution in [1.82, 2.24) is 9.88 Å². The third-order valence-corrected chi connectivity index (χ3v) is 10.2. The lowest BCUT2D eigenvalue weighted by Crippen LogP contribution is -2.42. The number of rotatable bonds is 4. The highest BCUT2D eigenvalue weighted by molar-refractivity contribution is 8.00. The number of imide groups is 1. The standard InChI is InChI=1S/C24H24N2O5S2/c1-10(2)31-14(27)9-26-22(28)17-12-8-13(18(17)23(26)29)19-16(12)15(11-6-4-3-5-7-11)20-21(32-19)25-24(30)33-20/h3-7,10,12-13,15-19H,8-9H2,1-2H3,(H,25,30).